The average molecular weight is 100 g/mol. The number of hydrogen-bond donors (Lipinski definition) is 0. The van der Waals surface area contributed by atoms with Crippen molar-refractivity contribution < 1.29 is 4.84 Å². The van der Waals surface area contributed by atoms with Crippen LogP contribution in [-0.2, 0) is 4.84 Å². The number of hydrogen-bond acceptors (Lipinski definition) is 3. The molecule has 0 aliphatic carbocycles. The molecule has 0 unspecified atom stereocenters. The van der Waals surface area contributed by atoms with Gasteiger partial charge < -0.3 is 0 Å². The zero-order valence-electron chi connectivity index (χ0n) is 4.29. The molecule has 0 saturated heterocycles. The van der Waals surface area contributed by atoms with Crippen LogP contribution in [0.15, 0.2) is 0 Å². The highest BCUT2D eigenvalue weighted by atomic mass is 16.6. The molecule has 3 heteroatoms. The first-order chi connectivity index (χ1) is 3.43. The van der Waals surface area contributed by atoms with Crippen molar-refractivity contribution in [2.75, 3.05) is 13.3 Å². The number of oxime groups is 1. The second-order valence-electron chi connectivity index (χ2n) is 1.38. The molecule has 0 N–H and O–H groups in total. The minimum absolute atomic E-state index is 0.622. The Morgan fingerprint density at radius 1 is 2.00 bits per heavy atom. The number of rotatable bonds is 1. The first kappa shape index (κ1) is 4.43. The van der Waals surface area contributed by atoms with Gasteiger partial charge in [0.05, 0.1) is 6.54 Å². The second kappa shape index (κ2) is 1.82. The van der Waals surface area contributed by atoms with Crippen molar-refractivity contribution in [1.82, 2.24) is 10.1 Å². The molecule has 0 bridgehead atoms. The molecule has 0 saturated carbocycles. The predicted molar refractivity (Wildman–Crippen MR) is 26.5 cm³/mol. The summed E-state index contributed by atoms with van der Waals surface area (Å²) >= 11 is 0. The fourth-order valence-electron chi connectivity index (χ4n) is 0.414. The quantitative estimate of drug-likeness (QED) is 0.447. The summed E-state index contributed by atoms with van der Waals surface area (Å²) in [6, 6.07) is 0. The maximum absolute atomic E-state index is 4.64. The molecule has 3 nitrogen and oxygen atoms in total. The largest absolute Gasteiger partial charge is 0.332 e. The summed E-state index contributed by atoms with van der Waals surface area (Å²) in [7, 11) is 0. The fraction of sp³-hybridized carbons (Fsp3) is 0.750. The van der Waals surface area contributed by atoms with Gasteiger partial charge in [0.25, 0.3) is 6.73 Å². The summed E-state index contributed by atoms with van der Waals surface area (Å²) in [4.78, 5) is 6.62. The highest BCUT2D eigenvalue weighted by Crippen LogP contribution is 1.84. The van der Waals surface area contributed by atoms with Crippen LogP contribution in [0.5, 0.6) is 0 Å². The smallest absolute Gasteiger partial charge is 0.252 e. The van der Waals surface area contributed by atoms with E-state index < -0.39 is 0 Å². The van der Waals surface area contributed by atoms with E-state index in [1.807, 2.05) is 4.90 Å². The van der Waals surface area contributed by atoms with E-state index in [9.17, 15) is 0 Å². The van der Waals surface area contributed by atoms with Crippen molar-refractivity contribution in [1.29, 1.82) is 0 Å². The molecule has 39 valence electrons. The second-order valence-corrected chi connectivity index (χ2v) is 1.38. The average Bonchev–Trinajstić information content (AvgIpc) is 2.14. The predicted octanol–water partition coefficient (Wildman–Crippen LogP) is -0.425. The van der Waals surface area contributed by atoms with E-state index in [-0.39, 0.29) is 0 Å². The third kappa shape index (κ3) is 0.824. The van der Waals surface area contributed by atoms with E-state index in [4.69, 9.17) is 0 Å². The Balaban J connectivity index is 2.28. The molecular weight excluding hydrogens is 92.1 g/mol. The monoisotopic (exact) mass is 100 g/mol. The third-order valence-corrected chi connectivity index (χ3v) is 0.915. The Hall–Kier alpha value is -0.730. The van der Waals surface area contributed by atoms with Crippen LogP contribution in [0.2, 0.25) is 0 Å². The molecule has 0 amide bonds. The van der Waals surface area contributed by atoms with E-state index >= 15 is 0 Å². The summed E-state index contributed by atoms with van der Waals surface area (Å²) in [6.07, 6.45) is 1.69. The molecule has 0 aromatic heterocycles. The van der Waals surface area contributed by atoms with Gasteiger partial charge in [-0.1, -0.05) is 0 Å². The summed E-state index contributed by atoms with van der Waals surface area (Å²) in [5.74, 6) is 0. The van der Waals surface area contributed by atoms with Crippen molar-refractivity contribution in [3.63, 3.8) is 0 Å². The lowest BCUT2D eigenvalue weighted by molar-refractivity contribution is 0.0775. The lowest BCUT2D eigenvalue weighted by atomic mass is 10.7. The van der Waals surface area contributed by atoms with Gasteiger partial charge in [0.1, 0.15) is 5.16 Å². The zero-order chi connectivity index (χ0) is 5.11. The lowest BCUT2D eigenvalue weighted by Crippen LogP contribution is -2.17. The van der Waals surface area contributed by atoms with Crippen molar-refractivity contribution in [2.24, 2.45) is 0 Å². The zero-order valence-corrected chi connectivity index (χ0v) is 4.29. The Kier molecular flexibility index (Phi) is 1.15. The normalized spacial score (nSPS) is 17.6. The molecule has 0 fully saturated rings. The fourth-order valence-corrected chi connectivity index (χ4v) is 0.414. The van der Waals surface area contributed by atoms with Crippen LogP contribution in [0.4, 0.5) is 0 Å². The Labute approximate surface area is 42.6 Å². The molecule has 0 atom stereocenters. The Morgan fingerprint density at radius 3 is 3.14 bits per heavy atom. The highest BCUT2D eigenvalue weighted by molar-refractivity contribution is 5.53. The van der Waals surface area contributed by atoms with Crippen LogP contribution in [0, 0.1) is 0 Å². The molecule has 1 aliphatic rings. The van der Waals surface area contributed by atoms with Gasteiger partial charge in [0, 0.05) is 0 Å². The van der Waals surface area contributed by atoms with Gasteiger partial charge in [-0.15, -0.1) is 0 Å². The van der Waals surface area contributed by atoms with Gasteiger partial charge >= 0.3 is 6.34 Å². The molecule has 1 aliphatic heterocycles. The van der Waals surface area contributed by atoms with Crippen LogP contribution >= 0.6 is 0 Å². The van der Waals surface area contributed by atoms with Crippen LogP contribution in [0.1, 0.15) is 6.92 Å². The minimum Gasteiger partial charge on any atom is -0.252 e. The molecule has 1 heterocycles. The van der Waals surface area contributed by atoms with Crippen LogP contribution in [0.25, 0.3) is 0 Å². The van der Waals surface area contributed by atoms with Gasteiger partial charge in [-0.25, -0.2) is 4.90 Å². The first-order valence-electron chi connectivity index (χ1n) is 2.33. The summed E-state index contributed by atoms with van der Waals surface area (Å²) in [6.45, 7) is 3.65. The van der Waals surface area contributed by atoms with Crippen molar-refractivity contribution >= 4 is 6.34 Å². The molecule has 0 spiro atoms. The molecule has 1 rings (SSSR count). The summed E-state index contributed by atoms with van der Waals surface area (Å²) < 4.78 is 0. The van der Waals surface area contributed by atoms with Crippen molar-refractivity contribution in [2.45, 2.75) is 6.92 Å². The van der Waals surface area contributed by atoms with Crippen molar-refractivity contribution in [3.05, 3.63) is 0 Å². The van der Waals surface area contributed by atoms with Gasteiger partial charge in [-0.3, -0.25) is 4.84 Å². The topological polar surface area (TPSA) is 26.6 Å². The standard InChI is InChI=1S/C4H8N2O/c1-2-6-3-5-7-4-6/h3H,2,4H2,1H3/q+1. The van der Waals surface area contributed by atoms with E-state index in [1.165, 1.54) is 0 Å². The van der Waals surface area contributed by atoms with Crippen molar-refractivity contribution in [3.8, 4) is 0 Å². The van der Waals surface area contributed by atoms with Gasteiger partial charge in [-0.05, 0) is 6.92 Å². The highest BCUT2D eigenvalue weighted by Gasteiger charge is 2.12. The van der Waals surface area contributed by atoms with Gasteiger partial charge in [0.15, 0.2) is 0 Å². The number of nitrogens with zero attached hydrogens (tertiary/aromatic N) is 2. The van der Waals surface area contributed by atoms with E-state index in [2.05, 4.69) is 16.9 Å². The molecule has 0 aromatic carbocycles. The molecule has 0 aromatic rings. The Bertz CT molecular complexity index is 81.8. The molecular formula is C4H8N2O+. The SMILES string of the molecule is CCN1C=[N+]OC1. The minimum atomic E-state index is 0.622. The summed E-state index contributed by atoms with van der Waals surface area (Å²) in [5.41, 5.74) is 0. The lowest BCUT2D eigenvalue weighted by Gasteiger charge is -1.94. The van der Waals surface area contributed by atoms with Gasteiger partial charge in [-0.2, -0.15) is 0 Å². The Morgan fingerprint density at radius 2 is 2.86 bits per heavy atom. The molecule has 1 radical (unpaired) electrons. The maximum atomic E-state index is 4.64. The van der Waals surface area contributed by atoms with Crippen LogP contribution in [-0.4, -0.2) is 24.5 Å². The summed E-state index contributed by atoms with van der Waals surface area (Å²) in [5, 5.41) is 3.54. The molecule has 7 heavy (non-hydrogen) atoms. The van der Waals surface area contributed by atoms with Gasteiger partial charge in [0.2, 0.25) is 0 Å². The van der Waals surface area contributed by atoms with E-state index in [1.54, 1.807) is 6.34 Å². The first-order valence-corrected chi connectivity index (χ1v) is 2.33. The van der Waals surface area contributed by atoms with Crippen LogP contribution in [0.3, 0.4) is 0 Å². The maximum Gasteiger partial charge on any atom is 0.332 e. The third-order valence-electron chi connectivity index (χ3n) is 0.915. The van der Waals surface area contributed by atoms with E-state index in [0.717, 1.165) is 6.54 Å². The van der Waals surface area contributed by atoms with Crippen LogP contribution < -0.4 is 5.16 Å². The van der Waals surface area contributed by atoms with E-state index in [0.29, 0.717) is 6.73 Å².